The van der Waals surface area contributed by atoms with Crippen molar-refractivity contribution in [3.8, 4) is 0 Å². The van der Waals surface area contributed by atoms with E-state index in [0.717, 1.165) is 19.5 Å². The third kappa shape index (κ3) is 2.42. The minimum absolute atomic E-state index is 0.0476. The van der Waals surface area contributed by atoms with Crippen LogP contribution in [0, 0.1) is 0 Å². The van der Waals surface area contributed by atoms with Gasteiger partial charge in [0.2, 0.25) is 0 Å². The summed E-state index contributed by atoms with van der Waals surface area (Å²) in [6.07, 6.45) is 11.6. The van der Waals surface area contributed by atoms with Crippen LogP contribution >= 0.6 is 0 Å². The third-order valence-electron chi connectivity index (χ3n) is 4.88. The lowest BCUT2D eigenvalue weighted by molar-refractivity contribution is 0.0780. The molecule has 2 fully saturated rings. The Bertz CT molecular complexity index is 641. The Morgan fingerprint density at radius 3 is 2.73 bits per heavy atom. The van der Waals surface area contributed by atoms with Gasteiger partial charge >= 0.3 is 0 Å². The molecule has 2 aliphatic rings. The van der Waals surface area contributed by atoms with Crippen LogP contribution in [0.2, 0.25) is 0 Å². The average Bonchev–Trinajstić information content (AvgIpc) is 3.35. The van der Waals surface area contributed by atoms with Gasteiger partial charge in [0.15, 0.2) is 0 Å². The van der Waals surface area contributed by atoms with Gasteiger partial charge in [0.25, 0.3) is 5.91 Å². The molecule has 1 saturated heterocycles. The first-order valence-corrected chi connectivity index (χ1v) is 8.15. The van der Waals surface area contributed by atoms with Gasteiger partial charge < -0.3 is 4.90 Å². The van der Waals surface area contributed by atoms with Crippen molar-refractivity contribution in [1.82, 2.24) is 24.5 Å². The molecule has 6 nitrogen and oxygen atoms in total. The summed E-state index contributed by atoms with van der Waals surface area (Å²) in [5.74, 6) is 0.0476. The fraction of sp³-hybridized carbons (Fsp3) is 0.562. The van der Waals surface area contributed by atoms with Gasteiger partial charge in [-0.3, -0.25) is 14.2 Å². The molecule has 1 aliphatic carbocycles. The molecule has 0 radical (unpaired) electrons. The van der Waals surface area contributed by atoms with Crippen molar-refractivity contribution in [1.29, 1.82) is 0 Å². The highest BCUT2D eigenvalue weighted by atomic mass is 16.2. The predicted molar refractivity (Wildman–Crippen MR) is 81.5 cm³/mol. The van der Waals surface area contributed by atoms with Crippen LogP contribution < -0.4 is 0 Å². The summed E-state index contributed by atoms with van der Waals surface area (Å²) in [6.45, 7) is 1.50. The normalized spacial score (nSPS) is 22.5. The smallest absolute Gasteiger partial charge is 0.274 e. The molecule has 0 bridgehead atoms. The quantitative estimate of drug-likeness (QED) is 0.873. The third-order valence-corrected chi connectivity index (χ3v) is 4.88. The largest absolute Gasteiger partial charge is 0.335 e. The number of hydrogen-bond donors (Lipinski definition) is 0. The number of carbonyl (C=O) groups excluding carboxylic acids is 1. The van der Waals surface area contributed by atoms with Crippen LogP contribution in [0.25, 0.3) is 0 Å². The van der Waals surface area contributed by atoms with E-state index in [2.05, 4.69) is 10.2 Å². The lowest BCUT2D eigenvalue weighted by Crippen LogP contribution is -2.29. The molecule has 0 spiro atoms. The molecule has 6 heteroatoms. The summed E-state index contributed by atoms with van der Waals surface area (Å²) in [7, 11) is 0. The second kappa shape index (κ2) is 5.59. The van der Waals surface area contributed by atoms with E-state index in [9.17, 15) is 4.79 Å². The number of nitrogens with zero attached hydrogens (tertiary/aromatic N) is 5. The second-order valence-electron chi connectivity index (χ2n) is 6.30. The molecule has 1 unspecified atom stereocenters. The summed E-state index contributed by atoms with van der Waals surface area (Å²) in [5.41, 5.74) is 0.577. The fourth-order valence-corrected chi connectivity index (χ4v) is 3.63. The lowest BCUT2D eigenvalue weighted by atomic mass is 10.3. The maximum atomic E-state index is 12.6. The molecule has 2 aromatic rings. The van der Waals surface area contributed by atoms with E-state index >= 15 is 0 Å². The number of likely N-dealkylation sites (tertiary alicyclic amines) is 1. The Morgan fingerprint density at radius 1 is 1.09 bits per heavy atom. The molecule has 1 aliphatic heterocycles. The minimum Gasteiger partial charge on any atom is -0.335 e. The van der Waals surface area contributed by atoms with Crippen molar-refractivity contribution in [2.75, 3.05) is 13.1 Å². The molecule has 22 heavy (non-hydrogen) atoms. The molecule has 1 atom stereocenters. The first-order chi connectivity index (χ1) is 10.8. The Balaban J connectivity index is 1.44. The standard InChI is InChI=1S/C16H21N5O/c22-16(15-7-11-21(18-15)13-4-1-2-5-13)19-10-6-14(12-19)20-9-3-8-17-20/h3,7-9,11,13-14H,1-2,4-6,10,12H2. The summed E-state index contributed by atoms with van der Waals surface area (Å²) >= 11 is 0. The number of carbonyl (C=O) groups is 1. The van der Waals surface area contributed by atoms with Gasteiger partial charge in [-0.25, -0.2) is 0 Å². The Morgan fingerprint density at radius 2 is 1.95 bits per heavy atom. The highest BCUT2D eigenvalue weighted by Gasteiger charge is 2.29. The first-order valence-electron chi connectivity index (χ1n) is 8.15. The molecule has 1 amide bonds. The van der Waals surface area contributed by atoms with Crippen LogP contribution in [0.3, 0.4) is 0 Å². The highest BCUT2D eigenvalue weighted by molar-refractivity contribution is 5.92. The molecule has 116 valence electrons. The lowest BCUT2D eigenvalue weighted by Gasteiger charge is -2.15. The van der Waals surface area contributed by atoms with Gasteiger partial charge in [-0.2, -0.15) is 10.2 Å². The van der Waals surface area contributed by atoms with Gasteiger partial charge in [-0.05, 0) is 31.4 Å². The topological polar surface area (TPSA) is 56.0 Å². The summed E-state index contributed by atoms with van der Waals surface area (Å²) in [5, 5.41) is 8.81. The van der Waals surface area contributed by atoms with Crippen LogP contribution in [-0.4, -0.2) is 43.5 Å². The van der Waals surface area contributed by atoms with E-state index in [0.29, 0.717) is 11.7 Å². The zero-order chi connectivity index (χ0) is 14.9. The van der Waals surface area contributed by atoms with Gasteiger partial charge in [0.05, 0.1) is 12.1 Å². The summed E-state index contributed by atoms with van der Waals surface area (Å²) < 4.78 is 3.94. The van der Waals surface area contributed by atoms with Gasteiger partial charge in [-0.1, -0.05) is 12.8 Å². The highest BCUT2D eigenvalue weighted by Crippen LogP contribution is 2.29. The van der Waals surface area contributed by atoms with Crippen LogP contribution in [0.1, 0.15) is 54.7 Å². The van der Waals surface area contributed by atoms with E-state index in [-0.39, 0.29) is 11.9 Å². The van der Waals surface area contributed by atoms with Crippen LogP contribution in [0.4, 0.5) is 0 Å². The SMILES string of the molecule is O=C(c1ccn(C2CCCC2)n1)N1CCC(n2cccn2)C1. The Hall–Kier alpha value is -2.11. The predicted octanol–water partition coefficient (Wildman–Crippen LogP) is 2.28. The number of rotatable bonds is 3. The van der Waals surface area contributed by atoms with Crippen molar-refractivity contribution >= 4 is 5.91 Å². The van der Waals surface area contributed by atoms with Crippen molar-refractivity contribution in [3.05, 3.63) is 36.4 Å². The van der Waals surface area contributed by atoms with E-state index in [1.807, 2.05) is 38.8 Å². The second-order valence-corrected chi connectivity index (χ2v) is 6.30. The summed E-state index contributed by atoms with van der Waals surface area (Å²) in [6, 6.07) is 4.56. The maximum Gasteiger partial charge on any atom is 0.274 e. The minimum atomic E-state index is 0.0476. The number of aromatic nitrogens is 4. The average molecular weight is 299 g/mol. The molecule has 0 aromatic carbocycles. The van der Waals surface area contributed by atoms with E-state index in [4.69, 9.17) is 0 Å². The zero-order valence-electron chi connectivity index (χ0n) is 12.6. The zero-order valence-corrected chi connectivity index (χ0v) is 12.6. The van der Waals surface area contributed by atoms with Crippen molar-refractivity contribution in [2.24, 2.45) is 0 Å². The number of amides is 1. The van der Waals surface area contributed by atoms with Crippen molar-refractivity contribution in [3.63, 3.8) is 0 Å². The van der Waals surface area contributed by atoms with E-state index in [1.54, 1.807) is 6.20 Å². The summed E-state index contributed by atoms with van der Waals surface area (Å²) in [4.78, 5) is 14.5. The monoisotopic (exact) mass is 299 g/mol. The number of hydrogen-bond acceptors (Lipinski definition) is 3. The molecule has 1 saturated carbocycles. The first kappa shape index (κ1) is 13.5. The van der Waals surface area contributed by atoms with E-state index in [1.165, 1.54) is 25.7 Å². The van der Waals surface area contributed by atoms with Gasteiger partial charge in [-0.15, -0.1) is 0 Å². The molecule has 4 rings (SSSR count). The van der Waals surface area contributed by atoms with Crippen LogP contribution in [-0.2, 0) is 0 Å². The molecular weight excluding hydrogens is 278 g/mol. The molecule has 3 heterocycles. The van der Waals surface area contributed by atoms with Gasteiger partial charge in [0.1, 0.15) is 5.69 Å². The van der Waals surface area contributed by atoms with Crippen molar-refractivity contribution in [2.45, 2.75) is 44.2 Å². The Kier molecular flexibility index (Phi) is 3.44. The van der Waals surface area contributed by atoms with Crippen LogP contribution in [0.5, 0.6) is 0 Å². The molecule has 2 aromatic heterocycles. The maximum absolute atomic E-state index is 12.6. The van der Waals surface area contributed by atoms with Crippen LogP contribution in [0.15, 0.2) is 30.7 Å². The Labute approximate surface area is 129 Å². The van der Waals surface area contributed by atoms with Gasteiger partial charge in [0, 0.05) is 31.7 Å². The fourth-order valence-electron chi connectivity index (χ4n) is 3.63. The molecular formula is C16H21N5O. The van der Waals surface area contributed by atoms with E-state index < -0.39 is 0 Å². The van der Waals surface area contributed by atoms with Crippen molar-refractivity contribution < 1.29 is 4.79 Å². The molecule has 0 N–H and O–H groups in total.